The van der Waals surface area contributed by atoms with E-state index in [0.29, 0.717) is 5.69 Å². The number of thioether (sulfide) groups is 1. The van der Waals surface area contributed by atoms with Gasteiger partial charge in [0.15, 0.2) is 0 Å². The average molecular weight is 408 g/mol. The van der Waals surface area contributed by atoms with Gasteiger partial charge in [0, 0.05) is 16.5 Å². The first-order chi connectivity index (χ1) is 13.2. The first-order valence-corrected chi connectivity index (χ1v) is 9.61. The molecule has 1 unspecified atom stereocenters. The molecule has 0 aliphatic heterocycles. The summed E-state index contributed by atoms with van der Waals surface area (Å²) in [6.07, 6.45) is 1.84. The highest BCUT2D eigenvalue weighted by molar-refractivity contribution is 8.00. The highest BCUT2D eigenvalue weighted by Gasteiger charge is 2.31. The van der Waals surface area contributed by atoms with Crippen LogP contribution in [0.25, 0.3) is 0 Å². The molecule has 2 N–H and O–H groups in total. The summed E-state index contributed by atoms with van der Waals surface area (Å²) in [5, 5.41) is 5.55. The lowest BCUT2D eigenvalue weighted by atomic mass is 10.1. The molecule has 148 valence electrons. The Morgan fingerprint density at radius 1 is 1.07 bits per heavy atom. The Labute approximate surface area is 164 Å². The Balaban J connectivity index is 1.65. The number of halogens is 3. The summed E-state index contributed by atoms with van der Waals surface area (Å²) in [6, 6.07) is 12.2. The fourth-order valence-electron chi connectivity index (χ4n) is 2.67. The topological polar surface area (TPSA) is 58.2 Å². The van der Waals surface area contributed by atoms with Crippen LogP contribution in [0.4, 0.5) is 18.9 Å². The third-order valence-corrected chi connectivity index (χ3v) is 5.14. The molecule has 0 radical (unpaired) electrons. The molecule has 1 aliphatic carbocycles. The molecule has 0 heterocycles. The molecule has 0 saturated heterocycles. The van der Waals surface area contributed by atoms with Crippen molar-refractivity contribution in [3.63, 3.8) is 0 Å². The molecule has 2 aromatic carbocycles. The van der Waals surface area contributed by atoms with E-state index in [1.54, 1.807) is 31.2 Å². The quantitative estimate of drug-likeness (QED) is 0.651. The van der Waals surface area contributed by atoms with Gasteiger partial charge in [-0.1, -0.05) is 24.3 Å². The van der Waals surface area contributed by atoms with Crippen LogP contribution in [0.3, 0.4) is 0 Å². The van der Waals surface area contributed by atoms with Crippen molar-refractivity contribution in [3.8, 4) is 0 Å². The number of anilines is 1. The maximum absolute atomic E-state index is 12.7. The SMILES string of the molecule is CC(NC(=O)c1ccccc1SC(F)(F)F)c1ccc(NC(=O)C2CC2)cc1. The molecule has 4 nitrogen and oxygen atoms in total. The van der Waals surface area contributed by atoms with Crippen molar-refractivity contribution in [2.45, 2.75) is 36.2 Å². The second-order valence-electron chi connectivity index (χ2n) is 6.62. The standard InChI is InChI=1S/C20H19F3N2O2S/c1-12(13-8-10-15(11-9-13)25-18(26)14-6-7-14)24-19(27)16-4-2-3-5-17(16)28-20(21,22)23/h2-5,8-12,14H,6-7H2,1H3,(H,24,27)(H,25,26). The molecule has 3 rings (SSSR count). The molecule has 8 heteroatoms. The largest absolute Gasteiger partial charge is 0.446 e. The van der Waals surface area contributed by atoms with Crippen LogP contribution in [0.2, 0.25) is 0 Å². The lowest BCUT2D eigenvalue weighted by Gasteiger charge is -2.17. The van der Waals surface area contributed by atoms with Crippen molar-refractivity contribution in [1.82, 2.24) is 5.32 Å². The fraction of sp³-hybridized carbons (Fsp3) is 0.300. The number of hydrogen-bond donors (Lipinski definition) is 2. The molecule has 0 aromatic heterocycles. The normalized spacial score (nSPS) is 15.0. The van der Waals surface area contributed by atoms with Crippen LogP contribution in [0.15, 0.2) is 53.4 Å². The number of amides is 2. The van der Waals surface area contributed by atoms with E-state index in [0.717, 1.165) is 18.4 Å². The summed E-state index contributed by atoms with van der Waals surface area (Å²) in [4.78, 5) is 24.1. The molecule has 1 saturated carbocycles. The van der Waals surface area contributed by atoms with Gasteiger partial charge in [-0.25, -0.2) is 0 Å². The highest BCUT2D eigenvalue weighted by Crippen LogP contribution is 2.38. The molecule has 1 fully saturated rings. The van der Waals surface area contributed by atoms with Crippen molar-refractivity contribution in [1.29, 1.82) is 0 Å². The molecule has 1 atom stereocenters. The minimum atomic E-state index is -4.47. The van der Waals surface area contributed by atoms with E-state index in [9.17, 15) is 22.8 Å². The van der Waals surface area contributed by atoms with E-state index in [-0.39, 0.29) is 34.0 Å². The Morgan fingerprint density at radius 3 is 2.32 bits per heavy atom. The number of carbonyl (C=O) groups is 2. The average Bonchev–Trinajstić information content (AvgIpc) is 3.46. The van der Waals surface area contributed by atoms with E-state index in [1.165, 1.54) is 24.3 Å². The molecule has 0 spiro atoms. The van der Waals surface area contributed by atoms with Crippen LogP contribution in [0.1, 0.15) is 41.7 Å². The zero-order valence-electron chi connectivity index (χ0n) is 15.0. The maximum Gasteiger partial charge on any atom is 0.446 e. The molecule has 2 amide bonds. The van der Waals surface area contributed by atoms with Gasteiger partial charge in [-0.2, -0.15) is 13.2 Å². The zero-order chi connectivity index (χ0) is 20.3. The summed E-state index contributed by atoms with van der Waals surface area (Å²) in [6.45, 7) is 1.75. The van der Waals surface area contributed by atoms with Crippen molar-refractivity contribution < 1.29 is 22.8 Å². The number of carbonyl (C=O) groups excluding carboxylic acids is 2. The van der Waals surface area contributed by atoms with E-state index < -0.39 is 17.5 Å². The zero-order valence-corrected chi connectivity index (χ0v) is 15.9. The van der Waals surface area contributed by atoms with E-state index in [1.807, 2.05) is 0 Å². The van der Waals surface area contributed by atoms with Gasteiger partial charge in [-0.15, -0.1) is 0 Å². The van der Waals surface area contributed by atoms with Crippen molar-refractivity contribution in [3.05, 3.63) is 59.7 Å². The molecule has 2 aromatic rings. The lowest BCUT2D eigenvalue weighted by molar-refractivity contribution is -0.117. The highest BCUT2D eigenvalue weighted by atomic mass is 32.2. The Kier molecular flexibility index (Phi) is 5.98. The molecular formula is C20H19F3N2O2S. The van der Waals surface area contributed by atoms with E-state index >= 15 is 0 Å². The fourth-order valence-corrected chi connectivity index (χ4v) is 3.34. The third-order valence-electron chi connectivity index (χ3n) is 4.33. The van der Waals surface area contributed by atoms with Gasteiger partial charge in [-0.3, -0.25) is 9.59 Å². The predicted octanol–water partition coefficient (Wildman–Crippen LogP) is 5.14. The summed E-state index contributed by atoms with van der Waals surface area (Å²) in [5.74, 6) is -0.466. The summed E-state index contributed by atoms with van der Waals surface area (Å²) in [5.41, 5.74) is -3.04. The lowest BCUT2D eigenvalue weighted by Crippen LogP contribution is -2.27. The number of hydrogen-bond acceptors (Lipinski definition) is 3. The van der Waals surface area contributed by atoms with Gasteiger partial charge in [0.2, 0.25) is 5.91 Å². The monoisotopic (exact) mass is 408 g/mol. The molecular weight excluding hydrogens is 389 g/mol. The molecule has 28 heavy (non-hydrogen) atoms. The van der Waals surface area contributed by atoms with Crippen LogP contribution in [0, 0.1) is 5.92 Å². The maximum atomic E-state index is 12.7. The smallest absolute Gasteiger partial charge is 0.345 e. The predicted molar refractivity (Wildman–Crippen MR) is 102 cm³/mol. The van der Waals surface area contributed by atoms with E-state index in [4.69, 9.17) is 0 Å². The van der Waals surface area contributed by atoms with Crippen molar-refractivity contribution in [2.24, 2.45) is 5.92 Å². The van der Waals surface area contributed by atoms with Crippen molar-refractivity contribution in [2.75, 3.05) is 5.32 Å². The minimum Gasteiger partial charge on any atom is -0.345 e. The Morgan fingerprint density at radius 2 is 1.71 bits per heavy atom. The van der Waals surface area contributed by atoms with Crippen LogP contribution < -0.4 is 10.6 Å². The van der Waals surface area contributed by atoms with Gasteiger partial charge >= 0.3 is 5.51 Å². The van der Waals surface area contributed by atoms with Gasteiger partial charge in [-0.05, 0) is 61.4 Å². The van der Waals surface area contributed by atoms with Crippen LogP contribution in [0.5, 0.6) is 0 Å². The van der Waals surface area contributed by atoms with Gasteiger partial charge in [0.25, 0.3) is 5.91 Å². The van der Waals surface area contributed by atoms with Crippen LogP contribution in [-0.4, -0.2) is 17.3 Å². The van der Waals surface area contributed by atoms with E-state index in [2.05, 4.69) is 10.6 Å². The Hall–Kier alpha value is -2.48. The Bertz CT molecular complexity index is 864. The molecule has 1 aliphatic rings. The first-order valence-electron chi connectivity index (χ1n) is 8.79. The first kappa shape index (κ1) is 20.3. The molecule has 0 bridgehead atoms. The van der Waals surface area contributed by atoms with Gasteiger partial charge < -0.3 is 10.6 Å². The van der Waals surface area contributed by atoms with Gasteiger partial charge in [0.05, 0.1) is 11.6 Å². The minimum absolute atomic E-state index is 0.00729. The number of alkyl halides is 3. The number of benzene rings is 2. The van der Waals surface area contributed by atoms with Gasteiger partial charge in [0.1, 0.15) is 0 Å². The second kappa shape index (κ2) is 8.26. The number of nitrogens with one attached hydrogen (secondary N) is 2. The summed E-state index contributed by atoms with van der Waals surface area (Å²) in [7, 11) is 0. The second-order valence-corrected chi connectivity index (χ2v) is 7.73. The summed E-state index contributed by atoms with van der Waals surface area (Å²) >= 11 is -0.307. The summed E-state index contributed by atoms with van der Waals surface area (Å²) < 4.78 is 38.1. The number of rotatable bonds is 6. The van der Waals surface area contributed by atoms with Crippen LogP contribution >= 0.6 is 11.8 Å². The van der Waals surface area contributed by atoms with Crippen molar-refractivity contribution >= 4 is 29.3 Å². The third kappa shape index (κ3) is 5.51. The van der Waals surface area contributed by atoms with Crippen LogP contribution in [-0.2, 0) is 4.79 Å².